The molecule has 1 heterocycles. The van der Waals surface area contributed by atoms with Crippen molar-refractivity contribution in [2.24, 2.45) is 0 Å². The highest BCUT2D eigenvalue weighted by molar-refractivity contribution is 5.16. The molecule has 0 fully saturated rings. The first-order chi connectivity index (χ1) is 20.3. The molecule has 1 aromatic carbocycles. The molecule has 0 N–H and O–H groups in total. The van der Waals surface area contributed by atoms with E-state index < -0.39 is 0 Å². The van der Waals surface area contributed by atoms with Gasteiger partial charge in [0.15, 0.2) is 0 Å². The van der Waals surface area contributed by atoms with E-state index in [1.807, 2.05) is 0 Å². The lowest BCUT2D eigenvalue weighted by molar-refractivity contribution is 0.132. The molecule has 0 amide bonds. The predicted molar refractivity (Wildman–Crippen MR) is 183 cm³/mol. The van der Waals surface area contributed by atoms with E-state index >= 15 is 0 Å². The Bertz CT molecular complexity index is 699. The van der Waals surface area contributed by atoms with Crippen molar-refractivity contribution >= 4 is 0 Å². The van der Waals surface area contributed by atoms with Crippen molar-refractivity contribution < 1.29 is 0 Å². The van der Waals surface area contributed by atoms with Gasteiger partial charge in [0.1, 0.15) is 6.17 Å². The van der Waals surface area contributed by atoms with Crippen LogP contribution in [0.3, 0.4) is 0 Å². The van der Waals surface area contributed by atoms with E-state index in [1.54, 1.807) is 0 Å². The van der Waals surface area contributed by atoms with Crippen LogP contribution in [0.2, 0.25) is 0 Å². The van der Waals surface area contributed by atoms with Gasteiger partial charge in [0.2, 0.25) is 0 Å². The Balaban J connectivity index is 1.51. The fourth-order valence-electron chi connectivity index (χ4n) is 6.55. The van der Waals surface area contributed by atoms with Crippen LogP contribution in [0.1, 0.15) is 186 Å². The molecule has 2 rings (SSSR count). The van der Waals surface area contributed by atoms with Gasteiger partial charge in [-0.1, -0.05) is 192 Å². The summed E-state index contributed by atoms with van der Waals surface area (Å²) in [4.78, 5) is 5.26. The van der Waals surface area contributed by atoms with E-state index in [2.05, 4.69) is 66.4 Å². The van der Waals surface area contributed by atoms with Gasteiger partial charge in [0.25, 0.3) is 0 Å². The lowest BCUT2D eigenvalue weighted by atomic mass is 10.0. The highest BCUT2D eigenvalue weighted by Crippen LogP contribution is 2.25. The van der Waals surface area contributed by atoms with Crippen molar-refractivity contribution in [3.63, 3.8) is 0 Å². The summed E-state index contributed by atoms with van der Waals surface area (Å²) < 4.78 is 0. The Morgan fingerprint density at radius 2 is 0.829 bits per heavy atom. The second-order valence-corrected chi connectivity index (χ2v) is 13.1. The van der Waals surface area contributed by atoms with Crippen molar-refractivity contribution in [2.75, 3.05) is 6.54 Å². The monoisotopic (exact) mass is 567 g/mol. The first-order valence-corrected chi connectivity index (χ1v) is 18.6. The first kappa shape index (κ1) is 35.8. The number of unbranched alkanes of at least 4 members (excludes halogenated alkanes) is 23. The number of hydrogen-bond acceptors (Lipinski definition) is 2. The molecule has 0 saturated carbocycles. The van der Waals surface area contributed by atoms with Gasteiger partial charge < -0.3 is 9.80 Å². The molecular weight excluding hydrogens is 496 g/mol. The fourth-order valence-corrected chi connectivity index (χ4v) is 6.55. The summed E-state index contributed by atoms with van der Waals surface area (Å²) in [5.74, 6) is 0. The normalized spacial score (nSPS) is 14.9. The summed E-state index contributed by atoms with van der Waals surface area (Å²) in [6.07, 6.45) is 42.4. The van der Waals surface area contributed by atoms with Gasteiger partial charge in [-0.25, -0.2) is 0 Å². The first-order valence-electron chi connectivity index (χ1n) is 18.6. The highest BCUT2D eigenvalue weighted by atomic mass is 15.4. The Kier molecular flexibility index (Phi) is 22.9. The summed E-state index contributed by atoms with van der Waals surface area (Å²) in [7, 11) is 0. The zero-order valence-electron chi connectivity index (χ0n) is 27.8. The number of benzene rings is 1. The van der Waals surface area contributed by atoms with Gasteiger partial charge in [0.05, 0.1) is 0 Å². The van der Waals surface area contributed by atoms with Crippen LogP contribution in [-0.2, 0) is 6.54 Å². The maximum Gasteiger partial charge on any atom is 0.101 e. The van der Waals surface area contributed by atoms with Crippen LogP contribution >= 0.6 is 0 Å². The Morgan fingerprint density at radius 1 is 0.439 bits per heavy atom. The largest absolute Gasteiger partial charge is 0.356 e. The molecule has 2 heteroatoms. The van der Waals surface area contributed by atoms with E-state index in [4.69, 9.17) is 0 Å². The van der Waals surface area contributed by atoms with Gasteiger partial charge in [0, 0.05) is 25.5 Å². The maximum atomic E-state index is 2.66. The molecule has 0 radical (unpaired) electrons. The number of nitrogens with zero attached hydrogens (tertiary/aromatic N) is 2. The minimum Gasteiger partial charge on any atom is -0.356 e. The van der Waals surface area contributed by atoms with Gasteiger partial charge in [-0.2, -0.15) is 0 Å². The van der Waals surface area contributed by atoms with Gasteiger partial charge in [-0.15, -0.1) is 0 Å². The van der Waals surface area contributed by atoms with E-state index in [0.29, 0.717) is 6.17 Å². The zero-order valence-corrected chi connectivity index (χ0v) is 27.8. The van der Waals surface area contributed by atoms with Crippen LogP contribution in [0.25, 0.3) is 0 Å². The summed E-state index contributed by atoms with van der Waals surface area (Å²) in [6.45, 7) is 6.88. The van der Waals surface area contributed by atoms with E-state index in [1.165, 1.54) is 179 Å². The van der Waals surface area contributed by atoms with Crippen molar-refractivity contribution in [2.45, 2.75) is 193 Å². The molecule has 1 aliphatic rings. The van der Waals surface area contributed by atoms with E-state index in [-0.39, 0.29) is 0 Å². The fraction of sp³-hybridized carbons (Fsp3) is 0.795. The zero-order chi connectivity index (χ0) is 29.1. The third-order valence-corrected chi connectivity index (χ3v) is 9.26. The van der Waals surface area contributed by atoms with Crippen LogP contribution in [0.15, 0.2) is 42.7 Å². The molecule has 0 bridgehead atoms. The summed E-state index contributed by atoms with van der Waals surface area (Å²) in [6, 6.07) is 11.0. The molecule has 0 saturated heterocycles. The summed E-state index contributed by atoms with van der Waals surface area (Å²) in [5.41, 5.74) is 1.43. The molecule has 0 spiro atoms. The second-order valence-electron chi connectivity index (χ2n) is 13.1. The lowest BCUT2D eigenvalue weighted by Gasteiger charge is -2.33. The predicted octanol–water partition coefficient (Wildman–Crippen LogP) is 12.8. The van der Waals surface area contributed by atoms with E-state index in [0.717, 1.165) is 6.54 Å². The van der Waals surface area contributed by atoms with Crippen LogP contribution < -0.4 is 0 Å². The smallest absolute Gasteiger partial charge is 0.101 e. The van der Waals surface area contributed by atoms with Crippen molar-refractivity contribution in [3.05, 3.63) is 48.3 Å². The second kappa shape index (κ2) is 26.2. The molecule has 41 heavy (non-hydrogen) atoms. The van der Waals surface area contributed by atoms with Crippen molar-refractivity contribution in [1.29, 1.82) is 0 Å². The average molecular weight is 567 g/mol. The number of hydrogen-bond donors (Lipinski definition) is 0. The molecule has 1 aromatic rings. The molecular formula is C39H70N2. The Hall–Kier alpha value is -1.44. The summed E-state index contributed by atoms with van der Waals surface area (Å²) in [5, 5.41) is 0. The third kappa shape index (κ3) is 18.7. The number of rotatable bonds is 29. The van der Waals surface area contributed by atoms with Crippen LogP contribution in [0, 0.1) is 0 Å². The van der Waals surface area contributed by atoms with Crippen LogP contribution in [-0.4, -0.2) is 22.5 Å². The molecule has 0 aliphatic carbocycles. The van der Waals surface area contributed by atoms with Gasteiger partial charge in [-0.3, -0.25) is 0 Å². The standard InChI is InChI=1S/C39H70N2/c1-3-5-7-9-11-13-14-15-16-17-18-19-20-21-23-25-30-34-40-35-36-41(37-38-31-27-26-28-32-38)39(40)33-29-24-22-12-10-8-6-4-2/h26-28,31-32,35-36,39H,3-25,29-30,33-34,37H2,1-2H3. The SMILES string of the molecule is CCCCCCCCCCCCCCCCCCCN1C=CN(Cc2ccccc2)C1CCCCCCCCCC. The molecule has 236 valence electrons. The average Bonchev–Trinajstić information content (AvgIpc) is 3.37. The molecule has 0 aromatic heterocycles. The lowest BCUT2D eigenvalue weighted by Crippen LogP contribution is -2.38. The molecule has 1 atom stereocenters. The minimum atomic E-state index is 0.552. The summed E-state index contributed by atoms with van der Waals surface area (Å²) >= 11 is 0. The molecule has 2 nitrogen and oxygen atoms in total. The third-order valence-electron chi connectivity index (χ3n) is 9.26. The van der Waals surface area contributed by atoms with Crippen molar-refractivity contribution in [3.8, 4) is 0 Å². The minimum absolute atomic E-state index is 0.552. The Labute approximate surface area is 257 Å². The van der Waals surface area contributed by atoms with Gasteiger partial charge in [-0.05, 0) is 24.8 Å². The Morgan fingerprint density at radius 3 is 1.29 bits per heavy atom. The van der Waals surface area contributed by atoms with Crippen LogP contribution in [0.4, 0.5) is 0 Å². The van der Waals surface area contributed by atoms with Crippen molar-refractivity contribution in [1.82, 2.24) is 9.80 Å². The molecule has 1 unspecified atom stereocenters. The highest BCUT2D eigenvalue weighted by Gasteiger charge is 2.25. The topological polar surface area (TPSA) is 6.48 Å². The van der Waals surface area contributed by atoms with Crippen LogP contribution in [0.5, 0.6) is 0 Å². The maximum absolute atomic E-state index is 2.66. The van der Waals surface area contributed by atoms with E-state index in [9.17, 15) is 0 Å². The van der Waals surface area contributed by atoms with Gasteiger partial charge >= 0.3 is 0 Å². The quantitative estimate of drug-likeness (QED) is 0.0890. The molecule has 1 aliphatic heterocycles.